The number of anilines is 1. The molecule has 34 heavy (non-hydrogen) atoms. The highest BCUT2D eigenvalue weighted by Crippen LogP contribution is 2.44. The van der Waals surface area contributed by atoms with Crippen molar-refractivity contribution in [2.45, 2.75) is 13.0 Å². The zero-order chi connectivity index (χ0) is 24.0. The van der Waals surface area contributed by atoms with Gasteiger partial charge in [0.25, 0.3) is 11.7 Å². The molecule has 0 aliphatic carbocycles. The number of para-hydroxylation sites is 1. The van der Waals surface area contributed by atoms with E-state index in [0.717, 1.165) is 16.5 Å². The van der Waals surface area contributed by atoms with Gasteiger partial charge in [-0.25, -0.2) is 0 Å². The van der Waals surface area contributed by atoms with Crippen LogP contribution in [0.2, 0.25) is 5.02 Å². The number of amides is 1. The minimum absolute atomic E-state index is 0.000588. The van der Waals surface area contributed by atoms with Gasteiger partial charge in [0.15, 0.2) is 0 Å². The summed E-state index contributed by atoms with van der Waals surface area (Å²) in [6, 6.07) is 18.9. The highest BCUT2D eigenvalue weighted by Gasteiger charge is 2.47. The molecule has 1 saturated heterocycles. The standard InChI is InChI=1S/C27H21ClN2O4/c1-15-6-5-7-17(12-15)30-24(19-14-29-21-9-4-3-8-18(19)21)23(26(32)27(30)33)25(31)16-10-11-20(28)22(13-16)34-2/h3-14,24,29,31H,1-2H3/b25-23+. The second-order valence-electron chi connectivity index (χ2n) is 8.15. The number of hydrogen-bond donors (Lipinski definition) is 2. The van der Waals surface area contributed by atoms with Gasteiger partial charge in [-0.15, -0.1) is 0 Å². The fourth-order valence-electron chi connectivity index (χ4n) is 4.45. The molecule has 1 amide bonds. The fraction of sp³-hybridized carbons (Fsp3) is 0.111. The maximum atomic E-state index is 13.4. The van der Waals surface area contributed by atoms with Crippen LogP contribution in [0.25, 0.3) is 16.7 Å². The van der Waals surface area contributed by atoms with E-state index in [-0.39, 0.29) is 11.3 Å². The number of nitrogens with zero attached hydrogens (tertiary/aromatic N) is 1. The number of halogens is 1. The van der Waals surface area contributed by atoms with Crippen LogP contribution in [0.3, 0.4) is 0 Å². The Labute approximate surface area is 201 Å². The molecule has 0 radical (unpaired) electrons. The third-order valence-corrected chi connectivity index (χ3v) is 6.38. The minimum atomic E-state index is -0.834. The number of methoxy groups -OCH3 is 1. The van der Waals surface area contributed by atoms with E-state index < -0.39 is 17.7 Å². The maximum absolute atomic E-state index is 13.4. The van der Waals surface area contributed by atoms with E-state index >= 15 is 0 Å². The molecule has 5 rings (SSSR count). The summed E-state index contributed by atoms with van der Waals surface area (Å²) in [4.78, 5) is 31.4. The lowest BCUT2D eigenvalue weighted by molar-refractivity contribution is -0.132. The van der Waals surface area contributed by atoms with Crippen LogP contribution in [0.5, 0.6) is 5.75 Å². The Morgan fingerprint density at radius 1 is 1.06 bits per heavy atom. The summed E-state index contributed by atoms with van der Waals surface area (Å²) in [6.45, 7) is 1.92. The molecule has 2 heterocycles. The number of aliphatic hydroxyl groups is 1. The van der Waals surface area contributed by atoms with Gasteiger partial charge in [0, 0.05) is 33.9 Å². The number of fused-ring (bicyclic) bond motifs is 1. The summed E-state index contributed by atoms with van der Waals surface area (Å²) in [6.07, 6.45) is 1.78. The second-order valence-corrected chi connectivity index (χ2v) is 8.55. The molecular formula is C27H21ClN2O4. The molecule has 0 bridgehead atoms. The third-order valence-electron chi connectivity index (χ3n) is 6.06. The Kier molecular flexibility index (Phi) is 5.38. The molecule has 6 nitrogen and oxygen atoms in total. The number of benzene rings is 3. The van der Waals surface area contributed by atoms with Crippen molar-refractivity contribution in [3.05, 3.63) is 100 Å². The molecule has 2 N–H and O–H groups in total. The number of H-pyrrole nitrogens is 1. The number of carbonyl (C=O) groups excluding carboxylic acids is 2. The quantitative estimate of drug-likeness (QED) is 0.224. The van der Waals surface area contributed by atoms with Gasteiger partial charge in [0.1, 0.15) is 11.5 Å². The Morgan fingerprint density at radius 2 is 1.85 bits per heavy atom. The number of hydrogen-bond acceptors (Lipinski definition) is 4. The van der Waals surface area contributed by atoms with E-state index in [2.05, 4.69) is 4.98 Å². The molecule has 170 valence electrons. The third kappa shape index (κ3) is 3.43. The van der Waals surface area contributed by atoms with Gasteiger partial charge >= 0.3 is 0 Å². The monoisotopic (exact) mass is 472 g/mol. The van der Waals surface area contributed by atoms with Crippen molar-refractivity contribution in [3.63, 3.8) is 0 Å². The summed E-state index contributed by atoms with van der Waals surface area (Å²) in [5, 5.41) is 12.6. The number of ether oxygens (including phenoxy) is 1. The molecule has 1 aliphatic rings. The Bertz CT molecular complexity index is 1490. The zero-order valence-corrected chi connectivity index (χ0v) is 19.3. The lowest BCUT2D eigenvalue weighted by atomic mass is 9.94. The molecule has 0 saturated carbocycles. The molecule has 1 unspecified atom stereocenters. The minimum Gasteiger partial charge on any atom is -0.507 e. The van der Waals surface area contributed by atoms with E-state index in [1.165, 1.54) is 12.0 Å². The van der Waals surface area contributed by atoms with Crippen molar-refractivity contribution in [2.75, 3.05) is 12.0 Å². The van der Waals surface area contributed by atoms with E-state index in [1.807, 2.05) is 49.4 Å². The number of rotatable bonds is 4. The Hall–Kier alpha value is -4.03. The van der Waals surface area contributed by atoms with Gasteiger partial charge in [-0.1, -0.05) is 41.9 Å². The van der Waals surface area contributed by atoms with Crippen LogP contribution in [0.1, 0.15) is 22.7 Å². The van der Waals surface area contributed by atoms with E-state index in [0.29, 0.717) is 27.6 Å². The average molecular weight is 473 g/mol. The van der Waals surface area contributed by atoms with Crippen LogP contribution in [0.15, 0.2) is 78.5 Å². The largest absolute Gasteiger partial charge is 0.507 e. The first kappa shape index (κ1) is 21.8. The van der Waals surface area contributed by atoms with Gasteiger partial charge in [-0.2, -0.15) is 0 Å². The number of nitrogens with one attached hydrogen (secondary N) is 1. The number of aliphatic hydroxyl groups excluding tert-OH is 1. The lowest BCUT2D eigenvalue weighted by Gasteiger charge is -2.25. The first-order valence-corrected chi connectivity index (χ1v) is 11.1. The Balaban J connectivity index is 1.78. The highest BCUT2D eigenvalue weighted by molar-refractivity contribution is 6.52. The fourth-order valence-corrected chi connectivity index (χ4v) is 4.65. The van der Waals surface area contributed by atoms with Crippen LogP contribution in [-0.2, 0) is 9.59 Å². The highest BCUT2D eigenvalue weighted by atomic mass is 35.5. The first-order valence-electron chi connectivity index (χ1n) is 10.7. The summed E-state index contributed by atoms with van der Waals surface area (Å²) < 4.78 is 5.27. The van der Waals surface area contributed by atoms with Crippen molar-refractivity contribution in [2.24, 2.45) is 0 Å². The summed E-state index contributed by atoms with van der Waals surface area (Å²) in [7, 11) is 1.47. The predicted molar refractivity (Wildman–Crippen MR) is 132 cm³/mol. The van der Waals surface area contributed by atoms with Crippen molar-refractivity contribution in [3.8, 4) is 5.75 Å². The molecule has 1 aromatic heterocycles. The van der Waals surface area contributed by atoms with E-state index in [4.69, 9.17) is 16.3 Å². The molecule has 0 spiro atoms. The lowest BCUT2D eigenvalue weighted by Crippen LogP contribution is -2.29. The van der Waals surface area contributed by atoms with Gasteiger partial charge in [-0.05, 0) is 48.9 Å². The maximum Gasteiger partial charge on any atom is 0.300 e. The number of aromatic nitrogens is 1. The molecule has 3 aromatic carbocycles. The van der Waals surface area contributed by atoms with Gasteiger partial charge in [-0.3, -0.25) is 14.5 Å². The molecule has 1 aliphatic heterocycles. The zero-order valence-electron chi connectivity index (χ0n) is 18.5. The van der Waals surface area contributed by atoms with Crippen LogP contribution >= 0.6 is 11.6 Å². The smallest absolute Gasteiger partial charge is 0.300 e. The predicted octanol–water partition coefficient (Wildman–Crippen LogP) is 5.76. The topological polar surface area (TPSA) is 82.6 Å². The van der Waals surface area contributed by atoms with Crippen molar-refractivity contribution < 1.29 is 19.4 Å². The van der Waals surface area contributed by atoms with Crippen LogP contribution in [-0.4, -0.2) is 28.9 Å². The van der Waals surface area contributed by atoms with Crippen LogP contribution in [0.4, 0.5) is 5.69 Å². The summed E-state index contributed by atoms with van der Waals surface area (Å²) >= 11 is 6.15. The van der Waals surface area contributed by atoms with Crippen molar-refractivity contribution in [1.82, 2.24) is 4.98 Å². The molecule has 4 aromatic rings. The van der Waals surface area contributed by atoms with Gasteiger partial charge in [0.2, 0.25) is 0 Å². The Morgan fingerprint density at radius 3 is 2.62 bits per heavy atom. The molecule has 7 heteroatoms. The van der Waals surface area contributed by atoms with E-state index in [9.17, 15) is 14.7 Å². The van der Waals surface area contributed by atoms with Crippen LogP contribution in [0, 0.1) is 6.92 Å². The van der Waals surface area contributed by atoms with Crippen LogP contribution < -0.4 is 9.64 Å². The SMILES string of the molecule is COc1cc(/C(O)=C2\C(=O)C(=O)N(c3cccc(C)c3)C2c2c[nH]c3ccccc23)ccc1Cl. The van der Waals surface area contributed by atoms with Gasteiger partial charge in [0.05, 0.1) is 23.7 Å². The normalized spacial score (nSPS) is 17.5. The van der Waals surface area contributed by atoms with Crippen molar-refractivity contribution >= 4 is 45.6 Å². The summed E-state index contributed by atoms with van der Waals surface area (Å²) in [5.41, 5.74) is 3.41. The average Bonchev–Trinajstić information content (AvgIpc) is 3.37. The summed E-state index contributed by atoms with van der Waals surface area (Å²) in [5.74, 6) is -1.41. The molecular weight excluding hydrogens is 452 g/mol. The number of aryl methyl sites for hydroxylation is 1. The number of carbonyl (C=O) groups is 2. The number of ketones is 1. The van der Waals surface area contributed by atoms with E-state index in [1.54, 1.807) is 30.5 Å². The molecule has 1 atom stereocenters. The van der Waals surface area contributed by atoms with Gasteiger partial charge < -0.3 is 14.8 Å². The number of Topliss-reactive ketones (excluding diaryl/α,β-unsaturated/α-hetero) is 1. The van der Waals surface area contributed by atoms with Crippen molar-refractivity contribution in [1.29, 1.82) is 0 Å². The number of aromatic amines is 1. The molecule has 1 fully saturated rings. The second kappa shape index (κ2) is 8.39. The first-order chi connectivity index (χ1) is 16.4.